The Kier molecular flexibility index (Phi) is 4.96. The molecule has 16 heavy (non-hydrogen) atoms. The van der Waals surface area contributed by atoms with Gasteiger partial charge in [-0.05, 0) is 38.3 Å². The summed E-state index contributed by atoms with van der Waals surface area (Å²) in [5, 5.41) is 12.8. The van der Waals surface area contributed by atoms with E-state index < -0.39 is 0 Å². The van der Waals surface area contributed by atoms with Gasteiger partial charge in [-0.1, -0.05) is 13.8 Å². The van der Waals surface area contributed by atoms with Crippen molar-refractivity contribution in [1.29, 1.82) is 0 Å². The van der Waals surface area contributed by atoms with Crippen LogP contribution in [-0.4, -0.2) is 17.8 Å². The number of thiophene rings is 1. The molecule has 2 N–H and O–H groups in total. The molecule has 0 aliphatic rings. The van der Waals surface area contributed by atoms with Crippen LogP contribution in [-0.2, 0) is 0 Å². The zero-order chi connectivity index (χ0) is 12.3. The molecule has 1 aromatic heterocycles. The lowest BCUT2D eigenvalue weighted by Crippen LogP contribution is -2.38. The van der Waals surface area contributed by atoms with Gasteiger partial charge in [-0.2, -0.15) is 0 Å². The minimum absolute atomic E-state index is 0.176. The minimum atomic E-state index is 0.176. The number of aliphatic hydroxyl groups is 1. The highest BCUT2D eigenvalue weighted by Gasteiger charge is 2.17. The molecule has 0 aliphatic heterocycles. The van der Waals surface area contributed by atoms with E-state index in [1.54, 1.807) is 0 Å². The van der Waals surface area contributed by atoms with E-state index in [4.69, 9.17) is 0 Å². The number of aliphatic hydroxyl groups excluding tert-OH is 1. The molecule has 0 saturated carbocycles. The summed E-state index contributed by atoms with van der Waals surface area (Å²) in [4.78, 5) is 2.73. The standard InChI is InChI=1S/C13H23NOS/c1-8(2)13(7-15)14-10(4)12-6-9(3)16-11(12)5/h6,8,10,13-15H,7H2,1-5H3/t10?,13-/m1/s1. The average Bonchev–Trinajstić information content (AvgIpc) is 2.53. The Morgan fingerprint density at radius 1 is 1.31 bits per heavy atom. The second-order valence-corrected chi connectivity index (χ2v) is 6.25. The van der Waals surface area contributed by atoms with Crippen molar-refractivity contribution in [3.05, 3.63) is 21.4 Å². The summed E-state index contributed by atoms with van der Waals surface area (Å²) >= 11 is 1.84. The van der Waals surface area contributed by atoms with Crippen LogP contribution >= 0.6 is 11.3 Å². The van der Waals surface area contributed by atoms with E-state index >= 15 is 0 Å². The van der Waals surface area contributed by atoms with Crippen molar-refractivity contribution in [2.75, 3.05) is 6.61 Å². The number of hydrogen-bond donors (Lipinski definition) is 2. The summed E-state index contributed by atoms with van der Waals surface area (Å²) in [5.74, 6) is 0.451. The van der Waals surface area contributed by atoms with Gasteiger partial charge in [0.05, 0.1) is 6.61 Å². The Balaban J connectivity index is 2.71. The van der Waals surface area contributed by atoms with Crippen LogP contribution in [0.15, 0.2) is 6.07 Å². The van der Waals surface area contributed by atoms with Crippen molar-refractivity contribution < 1.29 is 5.11 Å². The van der Waals surface area contributed by atoms with Crippen LogP contribution in [0.3, 0.4) is 0 Å². The molecule has 0 bridgehead atoms. The van der Waals surface area contributed by atoms with E-state index in [-0.39, 0.29) is 12.6 Å². The first kappa shape index (κ1) is 13.7. The second kappa shape index (κ2) is 5.80. The van der Waals surface area contributed by atoms with Crippen molar-refractivity contribution in [3.8, 4) is 0 Å². The summed E-state index contributed by atoms with van der Waals surface area (Å²) in [6.45, 7) is 10.9. The van der Waals surface area contributed by atoms with Gasteiger partial charge < -0.3 is 10.4 Å². The number of hydrogen-bond acceptors (Lipinski definition) is 3. The molecule has 0 saturated heterocycles. The molecule has 2 atom stereocenters. The molecule has 0 amide bonds. The topological polar surface area (TPSA) is 32.3 Å². The van der Waals surface area contributed by atoms with Gasteiger partial charge in [-0.3, -0.25) is 0 Å². The Bertz CT molecular complexity index is 333. The lowest BCUT2D eigenvalue weighted by Gasteiger charge is -2.24. The zero-order valence-corrected chi connectivity index (χ0v) is 11.7. The van der Waals surface area contributed by atoms with Crippen LogP contribution in [0.4, 0.5) is 0 Å². The smallest absolute Gasteiger partial charge is 0.0587 e. The van der Waals surface area contributed by atoms with Crippen LogP contribution < -0.4 is 5.32 Å². The van der Waals surface area contributed by atoms with Gasteiger partial charge in [-0.25, -0.2) is 0 Å². The van der Waals surface area contributed by atoms with Gasteiger partial charge in [0.1, 0.15) is 0 Å². The fraction of sp³-hybridized carbons (Fsp3) is 0.692. The van der Waals surface area contributed by atoms with Crippen molar-refractivity contribution >= 4 is 11.3 Å². The van der Waals surface area contributed by atoms with Crippen molar-refractivity contribution in [1.82, 2.24) is 5.32 Å². The molecule has 0 aliphatic carbocycles. The maximum Gasteiger partial charge on any atom is 0.0587 e. The fourth-order valence-corrected chi connectivity index (χ4v) is 2.97. The van der Waals surface area contributed by atoms with E-state index in [1.165, 1.54) is 15.3 Å². The van der Waals surface area contributed by atoms with Crippen molar-refractivity contribution in [2.24, 2.45) is 5.92 Å². The van der Waals surface area contributed by atoms with Gasteiger partial charge >= 0.3 is 0 Å². The molecule has 1 heterocycles. The maximum atomic E-state index is 9.31. The molecule has 0 radical (unpaired) electrons. The Hall–Kier alpha value is -0.380. The zero-order valence-electron chi connectivity index (χ0n) is 10.9. The number of aryl methyl sites for hydroxylation is 2. The van der Waals surface area contributed by atoms with Crippen LogP contribution in [0.25, 0.3) is 0 Å². The molecule has 3 heteroatoms. The molecule has 1 aromatic rings. The van der Waals surface area contributed by atoms with Gasteiger partial charge in [0.2, 0.25) is 0 Å². The SMILES string of the molecule is Cc1cc(C(C)N[C@H](CO)C(C)C)c(C)s1. The van der Waals surface area contributed by atoms with Gasteiger partial charge in [-0.15, -0.1) is 11.3 Å². The molecule has 0 spiro atoms. The highest BCUT2D eigenvalue weighted by molar-refractivity contribution is 7.12. The van der Waals surface area contributed by atoms with Crippen LogP contribution in [0.2, 0.25) is 0 Å². The summed E-state index contributed by atoms with van der Waals surface area (Å²) in [7, 11) is 0. The minimum Gasteiger partial charge on any atom is -0.395 e. The first-order chi connectivity index (χ1) is 7.45. The van der Waals surface area contributed by atoms with Crippen molar-refractivity contribution in [2.45, 2.75) is 46.7 Å². The van der Waals surface area contributed by atoms with Gasteiger partial charge in [0, 0.05) is 21.8 Å². The third kappa shape index (κ3) is 3.30. The highest BCUT2D eigenvalue weighted by atomic mass is 32.1. The lowest BCUT2D eigenvalue weighted by atomic mass is 10.0. The predicted octanol–water partition coefficient (Wildman–Crippen LogP) is 3.03. The van der Waals surface area contributed by atoms with E-state index in [1.807, 2.05) is 11.3 Å². The molecule has 1 rings (SSSR count). The second-order valence-electron chi connectivity index (χ2n) is 4.79. The molecule has 2 nitrogen and oxygen atoms in total. The normalized spacial score (nSPS) is 15.4. The van der Waals surface area contributed by atoms with E-state index in [0.717, 1.165) is 0 Å². The molecule has 92 valence electrons. The van der Waals surface area contributed by atoms with E-state index in [2.05, 4.69) is 46.0 Å². The number of rotatable bonds is 5. The first-order valence-electron chi connectivity index (χ1n) is 5.89. The Morgan fingerprint density at radius 2 is 1.94 bits per heavy atom. The van der Waals surface area contributed by atoms with Crippen LogP contribution in [0.1, 0.15) is 42.1 Å². The molecule has 0 fully saturated rings. The quantitative estimate of drug-likeness (QED) is 0.830. The summed E-state index contributed by atoms with van der Waals surface area (Å²) in [6, 6.07) is 2.73. The monoisotopic (exact) mass is 241 g/mol. The summed E-state index contributed by atoms with van der Waals surface area (Å²) in [6.07, 6.45) is 0. The Morgan fingerprint density at radius 3 is 2.31 bits per heavy atom. The predicted molar refractivity (Wildman–Crippen MR) is 71.1 cm³/mol. The molecular formula is C13H23NOS. The van der Waals surface area contributed by atoms with E-state index in [9.17, 15) is 5.11 Å². The first-order valence-corrected chi connectivity index (χ1v) is 6.71. The molecule has 0 aromatic carbocycles. The third-order valence-electron chi connectivity index (χ3n) is 3.01. The van der Waals surface area contributed by atoms with Crippen molar-refractivity contribution in [3.63, 3.8) is 0 Å². The number of nitrogens with one attached hydrogen (secondary N) is 1. The Labute approximate surface area is 103 Å². The summed E-state index contributed by atoms with van der Waals surface area (Å²) in [5.41, 5.74) is 1.36. The lowest BCUT2D eigenvalue weighted by molar-refractivity contribution is 0.201. The van der Waals surface area contributed by atoms with Gasteiger partial charge in [0.15, 0.2) is 0 Å². The van der Waals surface area contributed by atoms with E-state index in [0.29, 0.717) is 12.0 Å². The highest BCUT2D eigenvalue weighted by Crippen LogP contribution is 2.26. The largest absolute Gasteiger partial charge is 0.395 e. The average molecular weight is 241 g/mol. The van der Waals surface area contributed by atoms with Crippen LogP contribution in [0, 0.1) is 19.8 Å². The fourth-order valence-electron chi connectivity index (χ4n) is 1.95. The molecular weight excluding hydrogens is 218 g/mol. The molecule has 1 unspecified atom stereocenters. The van der Waals surface area contributed by atoms with Crippen LogP contribution in [0.5, 0.6) is 0 Å². The summed E-state index contributed by atoms with van der Waals surface area (Å²) < 4.78 is 0. The maximum absolute atomic E-state index is 9.31. The van der Waals surface area contributed by atoms with Gasteiger partial charge in [0.25, 0.3) is 0 Å². The third-order valence-corrected chi connectivity index (χ3v) is 3.99.